The zero-order valence-corrected chi connectivity index (χ0v) is 16.7. The summed E-state index contributed by atoms with van der Waals surface area (Å²) >= 11 is 0. The van der Waals surface area contributed by atoms with Gasteiger partial charge in [-0.25, -0.2) is 4.79 Å². The fourth-order valence-electron chi connectivity index (χ4n) is 3.66. The molecule has 7 nitrogen and oxygen atoms in total. The highest BCUT2D eigenvalue weighted by atomic mass is 16.6. The number of aromatic nitrogens is 1. The minimum Gasteiger partial charge on any atom is -0.450 e. The molecular weight excluding hydrogens is 356 g/mol. The number of pyridine rings is 1. The number of rotatable bonds is 6. The van der Waals surface area contributed by atoms with Gasteiger partial charge in [-0.1, -0.05) is 11.6 Å². The zero-order chi connectivity index (χ0) is 19.8. The van der Waals surface area contributed by atoms with Gasteiger partial charge in [-0.3, -0.25) is 9.78 Å². The van der Waals surface area contributed by atoms with Crippen LogP contribution in [0.4, 0.5) is 10.5 Å². The molecule has 3 rings (SSSR count). The highest BCUT2D eigenvalue weighted by molar-refractivity contribution is 5.94. The quantitative estimate of drug-likeness (QED) is 0.761. The van der Waals surface area contributed by atoms with Crippen LogP contribution in [0, 0.1) is 0 Å². The van der Waals surface area contributed by atoms with E-state index in [0.717, 1.165) is 18.5 Å². The van der Waals surface area contributed by atoms with Gasteiger partial charge in [0, 0.05) is 38.9 Å². The predicted octanol–water partition coefficient (Wildman–Crippen LogP) is 2.98. The molecule has 1 aromatic rings. The SMILES string of the molecule is CCOC(=O)N1CCN(c2cncc(C(=O)NCCC3=CCCCC3)c2)CC1. The van der Waals surface area contributed by atoms with Gasteiger partial charge < -0.3 is 19.9 Å². The van der Waals surface area contributed by atoms with Gasteiger partial charge in [0.15, 0.2) is 0 Å². The molecule has 2 amide bonds. The first-order valence-electron chi connectivity index (χ1n) is 10.2. The summed E-state index contributed by atoms with van der Waals surface area (Å²) in [5.41, 5.74) is 2.94. The second-order valence-corrected chi connectivity index (χ2v) is 7.22. The maximum atomic E-state index is 12.5. The Hall–Kier alpha value is -2.57. The van der Waals surface area contributed by atoms with Crippen LogP contribution in [-0.2, 0) is 4.74 Å². The molecule has 28 heavy (non-hydrogen) atoms. The molecule has 2 heterocycles. The van der Waals surface area contributed by atoms with Gasteiger partial charge in [-0.15, -0.1) is 0 Å². The largest absolute Gasteiger partial charge is 0.450 e. The van der Waals surface area contributed by atoms with Gasteiger partial charge in [0.25, 0.3) is 5.91 Å². The summed E-state index contributed by atoms with van der Waals surface area (Å²) < 4.78 is 5.05. The van der Waals surface area contributed by atoms with E-state index >= 15 is 0 Å². The van der Waals surface area contributed by atoms with Crippen molar-refractivity contribution >= 4 is 17.7 Å². The second-order valence-electron chi connectivity index (χ2n) is 7.22. The first kappa shape index (κ1) is 20.2. The van der Waals surface area contributed by atoms with E-state index < -0.39 is 0 Å². The van der Waals surface area contributed by atoms with Crippen molar-refractivity contribution in [2.75, 3.05) is 44.2 Å². The summed E-state index contributed by atoms with van der Waals surface area (Å²) in [7, 11) is 0. The molecule has 1 aliphatic heterocycles. The average molecular weight is 386 g/mol. The minimum atomic E-state index is -0.263. The standard InChI is InChI=1S/C21H30N4O3/c1-2-28-21(27)25-12-10-24(11-13-25)19-14-18(15-22-16-19)20(26)23-9-8-17-6-4-3-5-7-17/h6,14-16H,2-5,7-13H2,1H3,(H,23,26). The van der Waals surface area contributed by atoms with Crippen LogP contribution >= 0.6 is 0 Å². The number of carbonyl (C=O) groups excluding carboxylic acids is 2. The van der Waals surface area contributed by atoms with Crippen LogP contribution in [0.3, 0.4) is 0 Å². The molecule has 1 saturated heterocycles. The first-order chi connectivity index (χ1) is 13.7. The highest BCUT2D eigenvalue weighted by Crippen LogP contribution is 2.20. The lowest BCUT2D eigenvalue weighted by Gasteiger charge is -2.35. The normalized spacial score (nSPS) is 17.1. The molecule has 0 unspecified atom stereocenters. The van der Waals surface area contributed by atoms with Gasteiger partial charge in [-0.05, 0) is 45.1 Å². The second kappa shape index (κ2) is 10.1. The maximum Gasteiger partial charge on any atom is 0.409 e. The lowest BCUT2D eigenvalue weighted by Crippen LogP contribution is -2.49. The lowest BCUT2D eigenvalue weighted by molar-refractivity contribution is 0.0953. The van der Waals surface area contributed by atoms with E-state index in [2.05, 4.69) is 21.3 Å². The molecule has 1 aliphatic carbocycles. The van der Waals surface area contributed by atoms with Crippen LogP contribution in [0.25, 0.3) is 0 Å². The number of nitrogens with zero attached hydrogens (tertiary/aromatic N) is 3. The third kappa shape index (κ3) is 5.47. The Morgan fingerprint density at radius 3 is 2.71 bits per heavy atom. The summed E-state index contributed by atoms with van der Waals surface area (Å²) in [6, 6.07) is 1.88. The van der Waals surface area contributed by atoms with Gasteiger partial charge in [-0.2, -0.15) is 0 Å². The predicted molar refractivity (Wildman–Crippen MR) is 109 cm³/mol. The van der Waals surface area contributed by atoms with E-state index in [-0.39, 0.29) is 12.0 Å². The van der Waals surface area contributed by atoms with Crippen molar-refractivity contribution in [1.82, 2.24) is 15.2 Å². The van der Waals surface area contributed by atoms with Gasteiger partial charge in [0.1, 0.15) is 0 Å². The molecule has 0 bridgehead atoms. The monoisotopic (exact) mass is 386 g/mol. The molecule has 0 atom stereocenters. The minimum absolute atomic E-state index is 0.0871. The Morgan fingerprint density at radius 2 is 2.00 bits per heavy atom. The van der Waals surface area contributed by atoms with Crippen LogP contribution in [0.5, 0.6) is 0 Å². The number of hydrogen-bond acceptors (Lipinski definition) is 5. The van der Waals surface area contributed by atoms with Crippen molar-refractivity contribution in [2.24, 2.45) is 0 Å². The molecule has 0 radical (unpaired) electrons. The molecule has 7 heteroatoms. The zero-order valence-electron chi connectivity index (χ0n) is 16.7. The van der Waals surface area contributed by atoms with E-state index in [1.165, 1.54) is 24.8 Å². The molecule has 1 N–H and O–H groups in total. The summed E-state index contributed by atoms with van der Waals surface area (Å²) in [6.07, 6.45) is 11.2. The average Bonchev–Trinajstić information content (AvgIpc) is 2.75. The Balaban J connectivity index is 1.50. The van der Waals surface area contributed by atoms with E-state index in [1.807, 2.05) is 13.0 Å². The smallest absolute Gasteiger partial charge is 0.409 e. The van der Waals surface area contributed by atoms with Gasteiger partial charge in [0.05, 0.1) is 24.1 Å². The Kier molecular flexibility index (Phi) is 7.28. The fourth-order valence-corrected chi connectivity index (χ4v) is 3.66. The van der Waals surface area contributed by atoms with Gasteiger partial charge >= 0.3 is 6.09 Å². The molecule has 1 fully saturated rings. The molecule has 152 valence electrons. The summed E-state index contributed by atoms with van der Waals surface area (Å²) in [5, 5.41) is 3.00. The van der Waals surface area contributed by atoms with Crippen molar-refractivity contribution in [2.45, 2.75) is 39.0 Å². The highest BCUT2D eigenvalue weighted by Gasteiger charge is 2.22. The van der Waals surface area contributed by atoms with E-state index in [4.69, 9.17) is 4.74 Å². The molecule has 2 aliphatic rings. The van der Waals surface area contributed by atoms with Crippen LogP contribution in [0.15, 0.2) is 30.1 Å². The Morgan fingerprint density at radius 1 is 1.18 bits per heavy atom. The number of hydrogen-bond donors (Lipinski definition) is 1. The van der Waals surface area contributed by atoms with Crippen molar-refractivity contribution in [1.29, 1.82) is 0 Å². The van der Waals surface area contributed by atoms with Crippen LogP contribution in [-0.4, -0.2) is 61.2 Å². The molecular formula is C21H30N4O3. The first-order valence-corrected chi connectivity index (χ1v) is 10.2. The van der Waals surface area contributed by atoms with Crippen molar-refractivity contribution < 1.29 is 14.3 Å². The molecule has 0 aromatic carbocycles. The maximum absolute atomic E-state index is 12.5. The lowest BCUT2D eigenvalue weighted by atomic mass is 9.97. The third-order valence-electron chi connectivity index (χ3n) is 5.27. The Labute approximate surface area is 166 Å². The number of amides is 2. The van der Waals surface area contributed by atoms with Crippen molar-refractivity contribution in [3.63, 3.8) is 0 Å². The van der Waals surface area contributed by atoms with E-state index in [9.17, 15) is 9.59 Å². The van der Waals surface area contributed by atoms with Crippen LogP contribution in [0.2, 0.25) is 0 Å². The summed E-state index contributed by atoms with van der Waals surface area (Å²) in [6.45, 7) is 5.45. The third-order valence-corrected chi connectivity index (χ3v) is 5.27. The number of anilines is 1. The molecule has 1 aromatic heterocycles. The molecule has 0 saturated carbocycles. The van der Waals surface area contributed by atoms with Crippen LogP contribution < -0.4 is 10.2 Å². The van der Waals surface area contributed by atoms with Crippen molar-refractivity contribution in [3.05, 3.63) is 35.7 Å². The molecule has 0 spiro atoms. The van der Waals surface area contributed by atoms with Crippen LogP contribution in [0.1, 0.15) is 49.4 Å². The number of nitrogens with one attached hydrogen (secondary N) is 1. The van der Waals surface area contributed by atoms with E-state index in [0.29, 0.717) is 44.9 Å². The fraction of sp³-hybridized carbons (Fsp3) is 0.571. The topological polar surface area (TPSA) is 74.8 Å². The number of carbonyl (C=O) groups is 2. The Bertz CT molecular complexity index is 711. The van der Waals surface area contributed by atoms with Gasteiger partial charge in [0.2, 0.25) is 0 Å². The summed E-state index contributed by atoms with van der Waals surface area (Å²) in [4.78, 5) is 32.4. The number of ether oxygens (including phenoxy) is 1. The van der Waals surface area contributed by atoms with E-state index in [1.54, 1.807) is 17.3 Å². The summed E-state index contributed by atoms with van der Waals surface area (Å²) in [5.74, 6) is -0.0871. The number of allylic oxidation sites excluding steroid dienone is 1. The number of piperazine rings is 1. The van der Waals surface area contributed by atoms with Crippen molar-refractivity contribution in [3.8, 4) is 0 Å².